The highest BCUT2D eigenvalue weighted by atomic mass is 19.2. The lowest BCUT2D eigenvalue weighted by molar-refractivity contribution is 0.303. The Labute approximate surface area is 161 Å². The molecule has 0 aliphatic heterocycles. The molecule has 2 aromatic carbocycles. The minimum atomic E-state index is -0.930. The molecule has 3 heteroatoms. The summed E-state index contributed by atoms with van der Waals surface area (Å²) in [6.45, 7) is 2.26. The molecule has 0 N–H and O–H groups in total. The lowest BCUT2D eigenvalue weighted by Gasteiger charge is -2.29. The van der Waals surface area contributed by atoms with E-state index in [2.05, 4.69) is 19.1 Å². The van der Waals surface area contributed by atoms with Crippen LogP contribution in [0.5, 0.6) is 5.75 Å². The SMILES string of the molecule is CCCCCC1CCC(c2ccc(-c3ccc(OC)c(F)c3F)cc2)CC1. The Balaban J connectivity index is 1.64. The normalized spacial score (nSPS) is 19.9. The summed E-state index contributed by atoms with van der Waals surface area (Å²) in [6, 6.07) is 11.0. The molecule has 1 nitrogen and oxygen atoms in total. The standard InChI is InChI=1S/C24H30F2O/c1-3-4-5-6-17-7-9-18(10-8-17)19-11-13-20(14-12-19)21-15-16-22(27-2)24(26)23(21)25/h11-18H,3-10H2,1-2H3. The second-order valence-electron chi connectivity index (χ2n) is 7.78. The average Bonchev–Trinajstić information content (AvgIpc) is 2.71. The predicted octanol–water partition coefficient (Wildman–Crippen LogP) is 7.49. The molecule has 0 unspecified atom stereocenters. The van der Waals surface area contributed by atoms with E-state index in [1.54, 1.807) is 6.07 Å². The van der Waals surface area contributed by atoms with Crippen molar-refractivity contribution >= 4 is 0 Å². The molecule has 0 aromatic heterocycles. The summed E-state index contributed by atoms with van der Waals surface area (Å²) in [5, 5.41) is 0. The third kappa shape index (κ3) is 4.69. The van der Waals surface area contributed by atoms with Crippen LogP contribution in [-0.2, 0) is 0 Å². The van der Waals surface area contributed by atoms with Gasteiger partial charge in [-0.05, 0) is 60.8 Å². The fraction of sp³-hybridized carbons (Fsp3) is 0.500. The molecule has 1 fully saturated rings. The zero-order chi connectivity index (χ0) is 19.2. The van der Waals surface area contributed by atoms with Crippen LogP contribution in [0.25, 0.3) is 11.1 Å². The lowest BCUT2D eigenvalue weighted by atomic mass is 9.77. The predicted molar refractivity (Wildman–Crippen MR) is 107 cm³/mol. The number of hydrogen-bond donors (Lipinski definition) is 0. The van der Waals surface area contributed by atoms with Gasteiger partial charge >= 0.3 is 0 Å². The summed E-state index contributed by atoms with van der Waals surface area (Å²) >= 11 is 0. The zero-order valence-corrected chi connectivity index (χ0v) is 16.4. The van der Waals surface area contributed by atoms with E-state index in [0.29, 0.717) is 11.5 Å². The Hall–Kier alpha value is -1.90. The molecule has 0 atom stereocenters. The Bertz CT molecular complexity index is 731. The van der Waals surface area contributed by atoms with Gasteiger partial charge in [-0.1, -0.05) is 56.9 Å². The van der Waals surface area contributed by atoms with Gasteiger partial charge in [0.05, 0.1) is 7.11 Å². The van der Waals surface area contributed by atoms with Gasteiger partial charge in [0.2, 0.25) is 5.82 Å². The van der Waals surface area contributed by atoms with E-state index >= 15 is 0 Å². The first-order valence-electron chi connectivity index (χ1n) is 10.3. The molecule has 3 rings (SSSR count). The Morgan fingerprint density at radius 2 is 1.59 bits per heavy atom. The first-order chi connectivity index (χ1) is 13.1. The van der Waals surface area contributed by atoms with Crippen LogP contribution in [0.1, 0.15) is 69.8 Å². The molecule has 0 spiro atoms. The van der Waals surface area contributed by atoms with Crippen LogP contribution >= 0.6 is 0 Å². The first kappa shape index (κ1) is 19.9. The lowest BCUT2D eigenvalue weighted by Crippen LogP contribution is -2.13. The number of ether oxygens (including phenoxy) is 1. The van der Waals surface area contributed by atoms with E-state index in [1.165, 1.54) is 70.1 Å². The van der Waals surface area contributed by atoms with Gasteiger partial charge in [0.25, 0.3) is 0 Å². The molecule has 0 amide bonds. The minimum absolute atomic E-state index is 0.0661. The summed E-state index contributed by atoms with van der Waals surface area (Å²) in [7, 11) is 1.34. The van der Waals surface area contributed by atoms with Crippen molar-refractivity contribution in [3.05, 3.63) is 53.6 Å². The molecule has 1 saturated carbocycles. The second kappa shape index (κ2) is 9.34. The van der Waals surface area contributed by atoms with Crippen LogP contribution in [0, 0.1) is 17.6 Å². The zero-order valence-electron chi connectivity index (χ0n) is 16.4. The average molecular weight is 372 g/mol. The monoisotopic (exact) mass is 372 g/mol. The van der Waals surface area contributed by atoms with Crippen LogP contribution in [0.4, 0.5) is 8.78 Å². The highest BCUT2D eigenvalue weighted by molar-refractivity contribution is 5.65. The number of hydrogen-bond acceptors (Lipinski definition) is 1. The maximum atomic E-state index is 14.3. The van der Waals surface area contributed by atoms with Crippen molar-refractivity contribution in [1.82, 2.24) is 0 Å². The van der Waals surface area contributed by atoms with E-state index < -0.39 is 11.6 Å². The van der Waals surface area contributed by atoms with Crippen molar-refractivity contribution in [3.8, 4) is 16.9 Å². The molecule has 1 aliphatic carbocycles. The van der Waals surface area contributed by atoms with Crippen molar-refractivity contribution in [2.45, 2.75) is 64.2 Å². The van der Waals surface area contributed by atoms with Gasteiger partial charge in [-0.2, -0.15) is 4.39 Å². The quantitative estimate of drug-likeness (QED) is 0.457. The Kier molecular flexibility index (Phi) is 6.87. The maximum absolute atomic E-state index is 14.3. The number of rotatable bonds is 7. The summed E-state index contributed by atoms with van der Waals surface area (Å²) in [5.74, 6) is -0.360. The number of benzene rings is 2. The molecule has 2 aromatic rings. The van der Waals surface area contributed by atoms with Gasteiger partial charge in [0.15, 0.2) is 11.6 Å². The van der Waals surface area contributed by atoms with Gasteiger partial charge < -0.3 is 4.74 Å². The van der Waals surface area contributed by atoms with Crippen LogP contribution in [0.3, 0.4) is 0 Å². The van der Waals surface area contributed by atoms with Crippen LogP contribution in [-0.4, -0.2) is 7.11 Å². The van der Waals surface area contributed by atoms with Crippen molar-refractivity contribution in [2.24, 2.45) is 5.92 Å². The summed E-state index contributed by atoms with van der Waals surface area (Å²) in [6.07, 6.45) is 10.5. The van der Waals surface area contributed by atoms with Gasteiger partial charge in [0, 0.05) is 5.56 Å². The fourth-order valence-corrected chi connectivity index (χ4v) is 4.31. The molecule has 0 radical (unpaired) electrons. The van der Waals surface area contributed by atoms with Crippen molar-refractivity contribution in [1.29, 1.82) is 0 Å². The smallest absolute Gasteiger partial charge is 0.201 e. The van der Waals surface area contributed by atoms with Crippen LogP contribution in [0.15, 0.2) is 36.4 Å². The molecule has 146 valence electrons. The van der Waals surface area contributed by atoms with Crippen LogP contribution < -0.4 is 4.74 Å². The minimum Gasteiger partial charge on any atom is -0.494 e. The molecular weight excluding hydrogens is 342 g/mol. The third-order valence-electron chi connectivity index (χ3n) is 6.02. The van der Waals surface area contributed by atoms with Gasteiger partial charge in [-0.25, -0.2) is 4.39 Å². The highest BCUT2D eigenvalue weighted by Gasteiger charge is 2.22. The summed E-state index contributed by atoms with van der Waals surface area (Å²) < 4.78 is 33.1. The third-order valence-corrected chi connectivity index (χ3v) is 6.02. The van der Waals surface area contributed by atoms with Gasteiger partial charge in [0.1, 0.15) is 0 Å². The summed E-state index contributed by atoms with van der Waals surface area (Å²) in [4.78, 5) is 0. The molecular formula is C24H30F2O. The number of methoxy groups -OCH3 is 1. The summed E-state index contributed by atoms with van der Waals surface area (Å²) in [5.41, 5.74) is 2.30. The van der Waals surface area contributed by atoms with Crippen molar-refractivity contribution in [3.63, 3.8) is 0 Å². The van der Waals surface area contributed by atoms with E-state index in [1.807, 2.05) is 12.1 Å². The highest BCUT2D eigenvalue weighted by Crippen LogP contribution is 2.38. The Morgan fingerprint density at radius 1 is 0.889 bits per heavy atom. The van der Waals surface area contributed by atoms with Crippen LogP contribution in [0.2, 0.25) is 0 Å². The van der Waals surface area contributed by atoms with Gasteiger partial charge in [-0.3, -0.25) is 0 Å². The van der Waals surface area contributed by atoms with E-state index in [4.69, 9.17) is 4.74 Å². The van der Waals surface area contributed by atoms with E-state index in [0.717, 1.165) is 5.92 Å². The van der Waals surface area contributed by atoms with E-state index in [9.17, 15) is 8.78 Å². The van der Waals surface area contributed by atoms with Gasteiger partial charge in [-0.15, -0.1) is 0 Å². The first-order valence-corrected chi connectivity index (χ1v) is 10.3. The topological polar surface area (TPSA) is 9.23 Å². The van der Waals surface area contributed by atoms with Crippen molar-refractivity contribution < 1.29 is 13.5 Å². The molecule has 1 aliphatic rings. The van der Waals surface area contributed by atoms with E-state index in [-0.39, 0.29) is 11.3 Å². The fourth-order valence-electron chi connectivity index (χ4n) is 4.31. The molecule has 27 heavy (non-hydrogen) atoms. The Morgan fingerprint density at radius 3 is 2.22 bits per heavy atom. The maximum Gasteiger partial charge on any atom is 0.201 e. The molecule has 0 bridgehead atoms. The number of unbranched alkanes of at least 4 members (excludes halogenated alkanes) is 2. The number of halogens is 2. The van der Waals surface area contributed by atoms with Crippen molar-refractivity contribution in [2.75, 3.05) is 7.11 Å². The largest absolute Gasteiger partial charge is 0.494 e. The molecule has 0 heterocycles. The second-order valence-corrected chi connectivity index (χ2v) is 7.78. The molecule has 0 saturated heterocycles.